The van der Waals surface area contributed by atoms with Gasteiger partial charge in [-0.05, 0) is 30.8 Å². The van der Waals surface area contributed by atoms with Crippen LogP contribution in [-0.4, -0.2) is 46.0 Å². The van der Waals surface area contributed by atoms with Gasteiger partial charge in [0.2, 0.25) is 9.84 Å². The third-order valence-corrected chi connectivity index (χ3v) is 6.43. The van der Waals surface area contributed by atoms with Gasteiger partial charge in [0.25, 0.3) is 5.72 Å². The fraction of sp³-hybridized carbons (Fsp3) is 0.385. The minimum Gasteiger partial charge on any atom is -0.362 e. The normalized spacial score (nSPS) is 27.5. The maximum Gasteiger partial charge on any atom is 0.438 e. The third kappa shape index (κ3) is 2.70. The lowest BCUT2D eigenvalue weighted by molar-refractivity contribution is -0.262. The smallest absolute Gasteiger partial charge is 0.362 e. The molecule has 0 spiro atoms. The van der Waals surface area contributed by atoms with E-state index >= 15 is 0 Å². The van der Waals surface area contributed by atoms with Crippen LogP contribution in [0.2, 0.25) is 0 Å². The number of alkyl halides is 3. The number of hydrogen-bond donors (Lipinski definition) is 1. The van der Waals surface area contributed by atoms with Crippen LogP contribution in [0.25, 0.3) is 0 Å². The molecule has 1 aromatic carbocycles. The van der Waals surface area contributed by atoms with Gasteiger partial charge in [0, 0.05) is 6.42 Å². The van der Waals surface area contributed by atoms with Gasteiger partial charge in [-0.2, -0.15) is 18.3 Å². The molecule has 0 fully saturated rings. The maximum absolute atomic E-state index is 13.2. The number of amidine groups is 1. The summed E-state index contributed by atoms with van der Waals surface area (Å²) in [5.74, 6) is 0. The second-order valence-electron chi connectivity index (χ2n) is 5.29. The van der Waals surface area contributed by atoms with Crippen LogP contribution in [0, 0.1) is 0 Å². The summed E-state index contributed by atoms with van der Waals surface area (Å²) in [5.41, 5.74) is -3.47. The van der Waals surface area contributed by atoms with Crippen molar-refractivity contribution in [2.24, 2.45) is 10.1 Å². The number of aliphatic hydroxyl groups is 1. The molecule has 0 amide bonds. The fourth-order valence-corrected chi connectivity index (χ4v) is 5.01. The Morgan fingerprint density at radius 3 is 2.54 bits per heavy atom. The molecular weight excluding hydrogens is 367 g/mol. The number of aliphatic imine (C=N–C) groups is 1. The number of sulfone groups is 1. The number of hydrazone groups is 1. The first-order valence-corrected chi connectivity index (χ1v) is 9.11. The molecule has 2 unspecified atom stereocenters. The average Bonchev–Trinajstić information content (AvgIpc) is 2.86. The molecule has 3 rings (SSSR count). The van der Waals surface area contributed by atoms with E-state index in [1.807, 2.05) is 0 Å². The fourth-order valence-electron chi connectivity index (χ4n) is 2.38. The van der Waals surface area contributed by atoms with Crippen LogP contribution < -0.4 is 0 Å². The molecule has 130 valence electrons. The van der Waals surface area contributed by atoms with Gasteiger partial charge in [0.1, 0.15) is 0 Å². The highest BCUT2D eigenvalue weighted by atomic mass is 32.2. The quantitative estimate of drug-likeness (QED) is 0.852. The second-order valence-corrected chi connectivity index (χ2v) is 8.56. The Kier molecular flexibility index (Phi) is 3.92. The summed E-state index contributed by atoms with van der Waals surface area (Å²) in [5, 5.41) is 13.2. The first-order chi connectivity index (χ1) is 11.0. The van der Waals surface area contributed by atoms with Gasteiger partial charge < -0.3 is 5.11 Å². The predicted molar refractivity (Wildman–Crippen MR) is 83.0 cm³/mol. The van der Waals surface area contributed by atoms with Gasteiger partial charge in [0.05, 0.1) is 9.94 Å². The van der Waals surface area contributed by atoms with Crippen molar-refractivity contribution >= 4 is 31.8 Å². The highest BCUT2D eigenvalue weighted by Gasteiger charge is 2.61. The highest BCUT2D eigenvalue weighted by Crippen LogP contribution is 2.44. The Morgan fingerprint density at radius 2 is 1.96 bits per heavy atom. The van der Waals surface area contributed by atoms with Crippen LogP contribution in [0.4, 0.5) is 13.2 Å². The van der Waals surface area contributed by atoms with Crippen LogP contribution >= 0.6 is 11.8 Å². The summed E-state index contributed by atoms with van der Waals surface area (Å²) >= 11 is 0.784. The average molecular weight is 379 g/mol. The zero-order valence-electron chi connectivity index (χ0n) is 12.2. The molecule has 1 aromatic rings. The van der Waals surface area contributed by atoms with Gasteiger partial charge in [0.15, 0.2) is 10.5 Å². The molecule has 11 heteroatoms. The van der Waals surface area contributed by atoms with Crippen LogP contribution in [0.1, 0.15) is 13.3 Å². The van der Waals surface area contributed by atoms with Gasteiger partial charge in [-0.1, -0.05) is 18.2 Å². The highest BCUT2D eigenvalue weighted by molar-refractivity contribution is 8.26. The third-order valence-electron chi connectivity index (χ3n) is 3.58. The number of benzene rings is 1. The predicted octanol–water partition coefficient (Wildman–Crippen LogP) is 2.18. The number of nitrogens with zero attached hydrogens (tertiary/aromatic N) is 3. The summed E-state index contributed by atoms with van der Waals surface area (Å²) in [4.78, 5) is 3.16. The van der Waals surface area contributed by atoms with Crippen molar-refractivity contribution in [2.75, 3.05) is 0 Å². The number of thioether (sulfide) groups is 1. The molecule has 0 aromatic heterocycles. The lowest BCUT2D eigenvalue weighted by atomic mass is 10.1. The zero-order valence-corrected chi connectivity index (χ0v) is 13.9. The Bertz CT molecular complexity index is 824. The molecule has 0 bridgehead atoms. The second kappa shape index (κ2) is 5.46. The van der Waals surface area contributed by atoms with Crippen molar-refractivity contribution in [3.8, 4) is 0 Å². The topological polar surface area (TPSA) is 82.3 Å². The lowest BCUT2D eigenvalue weighted by Gasteiger charge is -2.37. The summed E-state index contributed by atoms with van der Waals surface area (Å²) in [6.07, 6.45) is -6.26. The Hall–Kier alpha value is -1.59. The van der Waals surface area contributed by atoms with Gasteiger partial charge >= 0.3 is 6.18 Å². The van der Waals surface area contributed by atoms with Crippen molar-refractivity contribution in [2.45, 2.75) is 35.5 Å². The summed E-state index contributed by atoms with van der Waals surface area (Å²) in [6, 6.07) is 7.09. The van der Waals surface area contributed by atoms with Crippen molar-refractivity contribution < 1.29 is 26.7 Å². The minimum absolute atomic E-state index is 0.148. The van der Waals surface area contributed by atoms with Gasteiger partial charge in [-0.3, -0.25) is 0 Å². The van der Waals surface area contributed by atoms with E-state index in [9.17, 15) is 26.7 Å². The molecule has 2 atom stereocenters. The van der Waals surface area contributed by atoms with E-state index in [0.29, 0.717) is 5.04 Å². The van der Waals surface area contributed by atoms with E-state index in [2.05, 4.69) is 10.1 Å². The SMILES string of the molecule is CC1=NN2C(=NC(O)(C(F)(F)F)CC2S(=O)(=O)c2ccccc2)S1. The summed E-state index contributed by atoms with van der Waals surface area (Å²) < 4.78 is 65.3. The zero-order chi connectivity index (χ0) is 17.8. The van der Waals surface area contributed by atoms with E-state index in [1.54, 1.807) is 6.07 Å². The Labute approximate surface area is 140 Å². The summed E-state index contributed by atoms with van der Waals surface area (Å²) in [6.45, 7) is 1.52. The van der Waals surface area contributed by atoms with Crippen LogP contribution in [0.15, 0.2) is 45.3 Å². The molecule has 2 heterocycles. The number of hydrogen-bond acceptors (Lipinski definition) is 7. The van der Waals surface area contributed by atoms with Crippen molar-refractivity contribution in [3.05, 3.63) is 30.3 Å². The molecule has 0 saturated heterocycles. The van der Waals surface area contributed by atoms with Crippen LogP contribution in [0.5, 0.6) is 0 Å². The van der Waals surface area contributed by atoms with Crippen LogP contribution in [-0.2, 0) is 9.84 Å². The number of halogens is 3. The van der Waals surface area contributed by atoms with E-state index in [4.69, 9.17) is 0 Å². The maximum atomic E-state index is 13.2. The van der Waals surface area contributed by atoms with Crippen molar-refractivity contribution in [3.63, 3.8) is 0 Å². The van der Waals surface area contributed by atoms with E-state index in [1.165, 1.54) is 31.2 Å². The molecule has 0 saturated carbocycles. The lowest BCUT2D eigenvalue weighted by Crippen LogP contribution is -2.55. The molecule has 1 N–H and O–H groups in total. The molecule has 0 aliphatic carbocycles. The first kappa shape index (κ1) is 17.2. The number of fused-ring (bicyclic) bond motifs is 1. The molecule has 24 heavy (non-hydrogen) atoms. The molecule has 2 aliphatic heterocycles. The summed E-state index contributed by atoms with van der Waals surface area (Å²) in [7, 11) is -4.21. The monoisotopic (exact) mass is 379 g/mol. The van der Waals surface area contributed by atoms with Crippen molar-refractivity contribution in [1.82, 2.24) is 5.01 Å². The largest absolute Gasteiger partial charge is 0.438 e. The van der Waals surface area contributed by atoms with Gasteiger partial charge in [-0.25, -0.2) is 18.4 Å². The van der Waals surface area contributed by atoms with Crippen LogP contribution in [0.3, 0.4) is 0 Å². The molecular formula is C13H12F3N3O3S2. The Morgan fingerprint density at radius 1 is 1.33 bits per heavy atom. The van der Waals surface area contributed by atoms with Crippen molar-refractivity contribution in [1.29, 1.82) is 0 Å². The van der Waals surface area contributed by atoms with E-state index in [-0.39, 0.29) is 10.1 Å². The first-order valence-electron chi connectivity index (χ1n) is 6.75. The number of rotatable bonds is 2. The van der Waals surface area contributed by atoms with Gasteiger partial charge in [-0.15, -0.1) is 0 Å². The molecule has 2 aliphatic rings. The van der Waals surface area contributed by atoms with E-state index < -0.39 is 33.5 Å². The molecule has 6 nitrogen and oxygen atoms in total. The van der Waals surface area contributed by atoms with E-state index in [0.717, 1.165) is 16.8 Å². The standard InChI is InChI=1S/C13H12F3N3O3S2/c1-8-18-19-10(24(21,22)9-5-3-2-4-6-9)7-12(20,13(14,15)16)17-11(19)23-8/h2-6,10,20H,7H2,1H3. The molecule has 0 radical (unpaired) electrons. The Balaban J connectivity index is 2.12. The minimum atomic E-state index is -5.10.